The molecule has 298 valence electrons. The average Bonchev–Trinajstić information content (AvgIpc) is 3.32. The van der Waals surface area contributed by atoms with Crippen molar-refractivity contribution in [3.05, 3.63) is 66.7 Å². The van der Waals surface area contributed by atoms with E-state index in [1.54, 1.807) is 0 Å². The van der Waals surface area contributed by atoms with Crippen LogP contribution in [0.1, 0.15) is 0 Å². The molecule has 10 aromatic carbocycles. The Bertz CT molecular complexity index is 3860. The molecule has 67 heavy (non-hydrogen) atoms. The van der Waals surface area contributed by atoms with E-state index < -0.39 is 0 Å². The minimum absolute atomic E-state index is 1.28. The van der Waals surface area contributed by atoms with Crippen molar-refractivity contribution in [3.8, 4) is 33.4 Å². The van der Waals surface area contributed by atoms with Gasteiger partial charge in [0, 0.05) is 0 Å². The first kappa shape index (κ1) is 45.8. The molecule has 0 radical (unpaired) electrons. The summed E-state index contributed by atoms with van der Waals surface area (Å²) in [6.07, 6.45) is 0. The van der Waals surface area contributed by atoms with Crippen LogP contribution in [0.15, 0.2) is 66.7 Å². The van der Waals surface area contributed by atoms with Crippen LogP contribution >= 0.6 is 0 Å². The van der Waals surface area contributed by atoms with Gasteiger partial charge < -0.3 is 0 Å². The van der Waals surface area contributed by atoms with E-state index in [-0.39, 0.29) is 0 Å². The second kappa shape index (κ2) is 16.0. The fourth-order valence-electron chi connectivity index (χ4n) is 13.2. The van der Waals surface area contributed by atoms with Crippen LogP contribution in [-0.4, -0.2) is 149 Å². The van der Waals surface area contributed by atoms with E-state index >= 15 is 0 Å². The molecule has 0 spiro atoms. The molecule has 0 saturated heterocycles. The number of hydrogen-bond acceptors (Lipinski definition) is 0. The minimum atomic E-state index is 1.28. The molecule has 0 bridgehead atoms. The summed E-state index contributed by atoms with van der Waals surface area (Å²) in [6.45, 7) is 0. The second-order valence-electron chi connectivity index (χ2n) is 20.9. The summed E-state index contributed by atoms with van der Waals surface area (Å²) in [5, 5.41) is 16.4. The Hall–Kier alpha value is -5.01. The SMILES string of the molecule is Bc1c(B)c(-c2ccc3c4ccccc4c4ccccc4c3c2)c(B)c(-c2c3c(B)c(B)c(B)c(B)c3c(-c3c(B)c(B)c4c(B)c(B)c(B)c(B)c4c3B)c3c(B)c(B)c(B)c(B)c23)c1B. The van der Waals surface area contributed by atoms with Crippen molar-refractivity contribution < 1.29 is 0 Å². The topological polar surface area (TPSA) is 0 Å². The molecule has 0 aliphatic rings. The molecule has 0 N–H and O–H groups in total. The first-order valence-corrected chi connectivity index (χ1v) is 24.6. The van der Waals surface area contributed by atoms with Gasteiger partial charge in [-0.05, 0) is 104 Å². The van der Waals surface area contributed by atoms with E-state index in [0.717, 1.165) is 0 Å². The molecule has 0 amide bonds. The Morgan fingerprint density at radius 3 is 0.851 bits per heavy atom. The molecule has 0 nitrogen and oxygen atoms in total. The van der Waals surface area contributed by atoms with Gasteiger partial charge in [0.2, 0.25) is 0 Å². The number of rotatable bonds is 3. The van der Waals surface area contributed by atoms with Crippen LogP contribution in [0.3, 0.4) is 0 Å². The lowest BCUT2D eigenvalue weighted by molar-refractivity contribution is 1.74. The highest BCUT2D eigenvalue weighted by Crippen LogP contribution is 2.41. The maximum Gasteiger partial charge on any atom is 0.140 e. The predicted molar refractivity (Wildman–Crippen MR) is 363 cm³/mol. The number of hydrogen-bond donors (Lipinski definition) is 0. The molecular weight excluding hydrogens is 782 g/mol. The Morgan fingerprint density at radius 2 is 0.448 bits per heavy atom. The van der Waals surface area contributed by atoms with Crippen LogP contribution in [0.2, 0.25) is 0 Å². The molecular formula is C48H49B19. The number of benzene rings is 10. The predicted octanol–water partition coefficient (Wildman–Crippen LogP) is -19.5. The van der Waals surface area contributed by atoms with E-state index in [1.165, 1.54) is 202 Å². The third-order valence-corrected chi connectivity index (χ3v) is 18.3. The van der Waals surface area contributed by atoms with Gasteiger partial charge in [-0.15, -0.1) is 38.2 Å². The zero-order valence-electron chi connectivity index (χ0n) is 43.9. The summed E-state index contributed by atoms with van der Waals surface area (Å²) < 4.78 is 0. The smallest absolute Gasteiger partial charge is 0.101 e. The monoisotopic (exact) mass is 835 g/mol. The molecule has 0 atom stereocenters. The lowest BCUT2D eigenvalue weighted by Crippen LogP contribution is -2.53. The van der Waals surface area contributed by atoms with Crippen LogP contribution < -0.4 is 104 Å². The molecule has 0 aliphatic carbocycles. The summed E-state index contributed by atoms with van der Waals surface area (Å²) in [7, 11) is 45.3. The van der Waals surface area contributed by atoms with Gasteiger partial charge in [-0.2, -0.15) is 0 Å². The molecule has 0 saturated carbocycles. The highest BCUT2D eigenvalue weighted by Gasteiger charge is 2.30. The van der Waals surface area contributed by atoms with Crippen LogP contribution in [0.4, 0.5) is 0 Å². The lowest BCUT2D eigenvalue weighted by Gasteiger charge is -2.32. The van der Waals surface area contributed by atoms with Crippen molar-refractivity contribution in [2.24, 2.45) is 0 Å². The van der Waals surface area contributed by atoms with Crippen molar-refractivity contribution in [2.75, 3.05) is 0 Å². The molecule has 19 heteroatoms. The molecule has 0 heterocycles. The first-order valence-electron chi connectivity index (χ1n) is 24.6. The largest absolute Gasteiger partial charge is 0.140 e. The second-order valence-corrected chi connectivity index (χ2v) is 20.9. The fourth-order valence-corrected chi connectivity index (χ4v) is 13.2. The van der Waals surface area contributed by atoms with Crippen molar-refractivity contribution in [3.63, 3.8) is 0 Å². The van der Waals surface area contributed by atoms with E-state index in [4.69, 9.17) is 0 Å². The van der Waals surface area contributed by atoms with Crippen LogP contribution in [-0.2, 0) is 0 Å². The molecule has 10 rings (SSSR count). The average molecular weight is 831 g/mol. The summed E-state index contributed by atoms with van der Waals surface area (Å²) in [5.74, 6) is 0. The Labute approximate surface area is 415 Å². The Kier molecular flexibility index (Phi) is 11.0. The zero-order chi connectivity index (χ0) is 48.1. The van der Waals surface area contributed by atoms with Gasteiger partial charge in [-0.1, -0.05) is 126 Å². The van der Waals surface area contributed by atoms with Gasteiger partial charge in [0.05, 0.1) is 0 Å². The minimum Gasteiger partial charge on any atom is -0.101 e. The van der Waals surface area contributed by atoms with Gasteiger partial charge in [0.25, 0.3) is 0 Å². The van der Waals surface area contributed by atoms with Crippen LogP contribution in [0, 0.1) is 0 Å². The van der Waals surface area contributed by atoms with Gasteiger partial charge in [0.1, 0.15) is 149 Å². The van der Waals surface area contributed by atoms with Crippen LogP contribution in [0.25, 0.3) is 98.0 Å². The van der Waals surface area contributed by atoms with Crippen molar-refractivity contribution in [1.29, 1.82) is 0 Å². The summed E-state index contributed by atoms with van der Waals surface area (Å²) >= 11 is 0. The normalized spacial score (nSPS) is 11.8. The molecule has 0 aromatic heterocycles. The summed E-state index contributed by atoms with van der Waals surface area (Å²) in [6, 6.07) is 25.2. The van der Waals surface area contributed by atoms with E-state index in [0.29, 0.717) is 0 Å². The van der Waals surface area contributed by atoms with E-state index in [2.05, 4.69) is 216 Å². The Morgan fingerprint density at radius 1 is 0.179 bits per heavy atom. The molecule has 0 aliphatic heterocycles. The first-order chi connectivity index (χ1) is 31.7. The summed E-state index contributed by atoms with van der Waals surface area (Å²) in [5.41, 5.74) is 34.7. The maximum absolute atomic E-state index is 2.50. The third-order valence-electron chi connectivity index (χ3n) is 18.3. The van der Waals surface area contributed by atoms with E-state index in [1.807, 2.05) is 0 Å². The quantitative estimate of drug-likeness (QED) is 0.0945. The lowest BCUT2D eigenvalue weighted by atomic mass is 9.55. The van der Waals surface area contributed by atoms with Crippen molar-refractivity contribution in [2.45, 2.75) is 0 Å². The Balaban J connectivity index is 1.44. The molecule has 10 aromatic rings. The van der Waals surface area contributed by atoms with Crippen molar-refractivity contribution in [1.82, 2.24) is 0 Å². The maximum atomic E-state index is 2.50. The van der Waals surface area contributed by atoms with Gasteiger partial charge in [-0.25, -0.2) is 0 Å². The van der Waals surface area contributed by atoms with E-state index in [9.17, 15) is 0 Å². The van der Waals surface area contributed by atoms with Crippen molar-refractivity contribution >= 4 is 318 Å². The zero-order valence-corrected chi connectivity index (χ0v) is 43.9. The molecule has 0 unspecified atom stereocenters. The van der Waals surface area contributed by atoms with Crippen LogP contribution in [0.5, 0.6) is 0 Å². The number of fused-ring (bicyclic) bond motifs is 9. The molecule has 0 fully saturated rings. The fraction of sp³-hybridized carbons (Fsp3) is 0. The van der Waals surface area contributed by atoms with Gasteiger partial charge in [-0.3, -0.25) is 0 Å². The van der Waals surface area contributed by atoms with Gasteiger partial charge >= 0.3 is 0 Å². The standard InChI is InChI=1S/C48H49B19/c49-30-19(12-9-10-17-15-7-2-1-5-13(15)14-6-3-4-8-16(14)18(17)11-12)32(51)42(61)39(58)26(30)20-22-24(35(54)45(64)43(62)33(22)52)21(25-23(20)34(53)44(63)46(65)36(25)55)27-31(50)28-29(38(57)37(27)56)41(60)48(67)47(66)40(28)59/h1-11H,49-67H2. The summed E-state index contributed by atoms with van der Waals surface area (Å²) in [4.78, 5) is 0. The highest BCUT2D eigenvalue weighted by molar-refractivity contribution is 6.76. The highest BCUT2D eigenvalue weighted by atomic mass is 14.3. The van der Waals surface area contributed by atoms with Gasteiger partial charge in [0.15, 0.2) is 0 Å². The third kappa shape index (κ3) is 6.14.